The van der Waals surface area contributed by atoms with Crippen LogP contribution in [0.5, 0.6) is 5.75 Å². The number of halogens is 1. The van der Waals surface area contributed by atoms with Gasteiger partial charge < -0.3 is 20.7 Å². The van der Waals surface area contributed by atoms with Crippen molar-refractivity contribution in [2.75, 3.05) is 33.8 Å². The first-order valence-corrected chi connectivity index (χ1v) is 10.5. The zero-order valence-electron chi connectivity index (χ0n) is 18.0. The Bertz CT molecular complexity index is 616. The van der Waals surface area contributed by atoms with Gasteiger partial charge in [-0.05, 0) is 48.8 Å². The summed E-state index contributed by atoms with van der Waals surface area (Å²) < 4.78 is 5.21. The van der Waals surface area contributed by atoms with Gasteiger partial charge in [0.05, 0.1) is 7.11 Å². The number of methoxy groups -OCH3 is 1. The van der Waals surface area contributed by atoms with Gasteiger partial charge in [-0.2, -0.15) is 0 Å². The number of amides is 1. The van der Waals surface area contributed by atoms with Crippen LogP contribution in [0.2, 0.25) is 0 Å². The fraction of sp³-hybridized carbons (Fsp3) is 0.636. The van der Waals surface area contributed by atoms with Crippen molar-refractivity contribution in [2.45, 2.75) is 51.4 Å². The van der Waals surface area contributed by atoms with Crippen LogP contribution in [0, 0.1) is 5.92 Å². The van der Waals surface area contributed by atoms with Crippen LogP contribution in [0.4, 0.5) is 0 Å². The predicted octanol–water partition coefficient (Wildman–Crippen LogP) is 3.67. The third-order valence-electron chi connectivity index (χ3n) is 5.47. The highest BCUT2D eigenvalue weighted by Crippen LogP contribution is 2.27. The summed E-state index contributed by atoms with van der Waals surface area (Å²) in [6.07, 6.45) is 6.65. The highest BCUT2D eigenvalue weighted by Gasteiger charge is 2.17. The van der Waals surface area contributed by atoms with Crippen LogP contribution < -0.4 is 20.7 Å². The summed E-state index contributed by atoms with van der Waals surface area (Å²) in [6, 6.07) is 8.23. The van der Waals surface area contributed by atoms with E-state index in [1.165, 1.54) is 31.2 Å². The fourth-order valence-electron chi connectivity index (χ4n) is 3.66. The van der Waals surface area contributed by atoms with Crippen molar-refractivity contribution >= 4 is 35.8 Å². The van der Waals surface area contributed by atoms with Crippen molar-refractivity contribution in [3.8, 4) is 5.75 Å². The number of carbonyl (C=O) groups is 1. The van der Waals surface area contributed by atoms with Crippen molar-refractivity contribution in [3.05, 3.63) is 29.8 Å². The topological polar surface area (TPSA) is 74.8 Å². The normalized spacial score (nSPS) is 15.3. The molecule has 1 atom stereocenters. The highest BCUT2D eigenvalue weighted by molar-refractivity contribution is 14.0. The first kappa shape index (κ1) is 25.5. The lowest BCUT2D eigenvalue weighted by atomic mass is 9.98. The van der Waals surface area contributed by atoms with E-state index in [1.807, 2.05) is 12.1 Å². The maximum Gasteiger partial charge on any atom is 0.220 e. The maximum absolute atomic E-state index is 11.9. The molecule has 2 rings (SSSR count). The Labute approximate surface area is 192 Å². The zero-order valence-corrected chi connectivity index (χ0v) is 20.3. The standard InChI is InChI=1S/C22H36N4O2.HI/c1-17(19-8-10-20(28-3)11-9-19)12-13-25-22(23-2)26-15-14-24-21(27)16-18-6-4-5-7-18;/h8-11,17-18H,4-7,12-16H2,1-3H3,(H,24,27)(H2,23,25,26);1H. The molecular formula is C22H37IN4O2. The number of ether oxygens (including phenoxy) is 1. The Morgan fingerprint density at radius 2 is 1.72 bits per heavy atom. The Morgan fingerprint density at radius 1 is 1.10 bits per heavy atom. The molecule has 29 heavy (non-hydrogen) atoms. The molecule has 0 radical (unpaired) electrons. The lowest BCUT2D eigenvalue weighted by molar-refractivity contribution is -0.121. The second-order valence-corrected chi connectivity index (χ2v) is 7.59. The van der Waals surface area contributed by atoms with E-state index in [2.05, 4.69) is 40.0 Å². The number of carbonyl (C=O) groups excluding carboxylic acids is 1. The van der Waals surface area contributed by atoms with Gasteiger partial charge in [-0.25, -0.2) is 0 Å². The van der Waals surface area contributed by atoms with E-state index in [4.69, 9.17) is 4.74 Å². The molecule has 0 heterocycles. The second-order valence-electron chi connectivity index (χ2n) is 7.59. The van der Waals surface area contributed by atoms with Gasteiger partial charge in [-0.15, -0.1) is 24.0 Å². The van der Waals surface area contributed by atoms with E-state index >= 15 is 0 Å². The zero-order chi connectivity index (χ0) is 20.2. The van der Waals surface area contributed by atoms with Crippen LogP contribution in [0.1, 0.15) is 56.9 Å². The number of aliphatic imine (C=N–C) groups is 1. The molecule has 1 aliphatic rings. The Kier molecular flexibility index (Phi) is 12.7. The van der Waals surface area contributed by atoms with Crippen LogP contribution in [-0.2, 0) is 4.79 Å². The monoisotopic (exact) mass is 516 g/mol. The van der Waals surface area contributed by atoms with Crippen molar-refractivity contribution in [3.63, 3.8) is 0 Å². The Morgan fingerprint density at radius 3 is 2.34 bits per heavy atom. The van der Waals surface area contributed by atoms with Crippen molar-refractivity contribution in [2.24, 2.45) is 10.9 Å². The number of nitrogens with one attached hydrogen (secondary N) is 3. The Hall–Kier alpha value is -1.51. The summed E-state index contributed by atoms with van der Waals surface area (Å²) >= 11 is 0. The smallest absolute Gasteiger partial charge is 0.220 e. The van der Waals surface area contributed by atoms with Gasteiger partial charge in [0.25, 0.3) is 0 Å². The van der Waals surface area contributed by atoms with E-state index in [9.17, 15) is 4.79 Å². The summed E-state index contributed by atoms with van der Waals surface area (Å²) in [7, 11) is 3.45. The van der Waals surface area contributed by atoms with Gasteiger partial charge >= 0.3 is 0 Å². The van der Waals surface area contributed by atoms with E-state index in [0.717, 1.165) is 24.7 Å². The number of hydrogen-bond donors (Lipinski definition) is 3. The molecule has 1 aromatic rings. The molecule has 6 nitrogen and oxygen atoms in total. The number of benzene rings is 1. The molecule has 1 fully saturated rings. The van der Waals surface area contributed by atoms with E-state index < -0.39 is 0 Å². The highest BCUT2D eigenvalue weighted by atomic mass is 127. The quantitative estimate of drug-likeness (QED) is 0.192. The van der Waals surface area contributed by atoms with Gasteiger partial charge in [-0.3, -0.25) is 9.79 Å². The molecule has 0 bridgehead atoms. The number of rotatable bonds is 10. The molecule has 0 saturated heterocycles. The molecular weight excluding hydrogens is 479 g/mol. The molecule has 1 aromatic carbocycles. The van der Waals surface area contributed by atoms with Crippen LogP contribution in [0.25, 0.3) is 0 Å². The summed E-state index contributed by atoms with van der Waals surface area (Å²) in [4.78, 5) is 16.2. The average Bonchev–Trinajstić information content (AvgIpc) is 3.22. The number of guanidine groups is 1. The van der Waals surface area contributed by atoms with Crippen molar-refractivity contribution < 1.29 is 9.53 Å². The van der Waals surface area contributed by atoms with Crippen molar-refractivity contribution in [1.29, 1.82) is 0 Å². The summed E-state index contributed by atoms with van der Waals surface area (Å²) in [5.41, 5.74) is 1.30. The largest absolute Gasteiger partial charge is 0.497 e. The molecule has 164 valence electrons. The molecule has 3 N–H and O–H groups in total. The lowest BCUT2D eigenvalue weighted by Gasteiger charge is -2.16. The minimum atomic E-state index is 0. The summed E-state index contributed by atoms with van der Waals surface area (Å²) in [6.45, 7) is 4.35. The van der Waals surface area contributed by atoms with Crippen LogP contribution >= 0.6 is 24.0 Å². The molecule has 0 spiro atoms. The van der Waals surface area contributed by atoms with Crippen LogP contribution in [0.3, 0.4) is 0 Å². The van der Waals surface area contributed by atoms with Crippen LogP contribution in [-0.4, -0.2) is 45.7 Å². The van der Waals surface area contributed by atoms with Gasteiger partial charge in [0, 0.05) is 33.1 Å². The molecule has 7 heteroatoms. The van der Waals surface area contributed by atoms with Gasteiger partial charge in [0.15, 0.2) is 5.96 Å². The van der Waals surface area contributed by atoms with E-state index in [-0.39, 0.29) is 29.9 Å². The van der Waals surface area contributed by atoms with Gasteiger partial charge in [0.1, 0.15) is 5.75 Å². The second kappa shape index (κ2) is 14.5. The first-order valence-electron chi connectivity index (χ1n) is 10.5. The van der Waals surface area contributed by atoms with E-state index in [1.54, 1.807) is 14.2 Å². The lowest BCUT2D eigenvalue weighted by Crippen LogP contribution is -2.42. The molecule has 1 aliphatic carbocycles. The molecule has 0 aromatic heterocycles. The third kappa shape index (κ3) is 9.69. The molecule has 1 unspecified atom stereocenters. The average molecular weight is 516 g/mol. The summed E-state index contributed by atoms with van der Waals surface area (Å²) in [5.74, 6) is 2.87. The molecule has 1 amide bonds. The first-order chi connectivity index (χ1) is 13.6. The number of nitrogens with zero attached hydrogens (tertiary/aromatic N) is 1. The molecule has 1 saturated carbocycles. The maximum atomic E-state index is 11.9. The number of hydrogen-bond acceptors (Lipinski definition) is 3. The Balaban J connectivity index is 0.00000420. The molecule has 0 aliphatic heterocycles. The summed E-state index contributed by atoms with van der Waals surface area (Å²) in [5, 5.41) is 9.60. The SMILES string of the molecule is CN=C(NCCNC(=O)CC1CCCC1)NCCC(C)c1ccc(OC)cc1.I. The minimum absolute atomic E-state index is 0. The van der Waals surface area contributed by atoms with Gasteiger partial charge in [0.2, 0.25) is 5.91 Å². The van der Waals surface area contributed by atoms with Crippen LogP contribution in [0.15, 0.2) is 29.3 Å². The van der Waals surface area contributed by atoms with Gasteiger partial charge in [-0.1, -0.05) is 31.9 Å². The predicted molar refractivity (Wildman–Crippen MR) is 130 cm³/mol. The van der Waals surface area contributed by atoms with Crippen molar-refractivity contribution in [1.82, 2.24) is 16.0 Å². The third-order valence-corrected chi connectivity index (χ3v) is 5.47. The fourth-order valence-corrected chi connectivity index (χ4v) is 3.66. The van der Waals surface area contributed by atoms with E-state index in [0.29, 0.717) is 31.3 Å². The minimum Gasteiger partial charge on any atom is -0.497 e.